The van der Waals surface area contributed by atoms with E-state index in [0.717, 1.165) is 41.7 Å². The minimum absolute atomic E-state index is 0.400. The Bertz CT molecular complexity index is 640. The quantitative estimate of drug-likeness (QED) is 0.938. The Labute approximate surface area is 125 Å². The zero-order valence-corrected chi connectivity index (χ0v) is 12.8. The van der Waals surface area contributed by atoms with Gasteiger partial charge in [-0.2, -0.15) is 0 Å². The van der Waals surface area contributed by atoms with Gasteiger partial charge in [0.15, 0.2) is 0 Å². The van der Waals surface area contributed by atoms with Crippen molar-refractivity contribution in [3.63, 3.8) is 0 Å². The Morgan fingerprint density at radius 3 is 2.86 bits per heavy atom. The van der Waals surface area contributed by atoms with Gasteiger partial charge in [0.05, 0.1) is 11.7 Å². The fourth-order valence-corrected chi connectivity index (χ4v) is 2.85. The summed E-state index contributed by atoms with van der Waals surface area (Å²) in [4.78, 5) is 15.8. The summed E-state index contributed by atoms with van der Waals surface area (Å²) in [5, 5.41) is 3.31. The minimum Gasteiger partial charge on any atom is -0.325 e. The third kappa shape index (κ3) is 3.03. The maximum Gasteiger partial charge on any atom is 0.135 e. The Morgan fingerprint density at radius 2 is 2.14 bits per heavy atom. The number of likely N-dealkylation sites (tertiary alicyclic amines) is 1. The Morgan fingerprint density at radius 1 is 1.29 bits per heavy atom. The first-order chi connectivity index (χ1) is 10.1. The van der Waals surface area contributed by atoms with Crippen molar-refractivity contribution in [1.82, 2.24) is 19.9 Å². The number of rotatable bonds is 3. The van der Waals surface area contributed by atoms with E-state index in [0.29, 0.717) is 6.04 Å². The molecular formula is C16H21N5. The molecule has 5 heteroatoms. The molecule has 0 aliphatic carbocycles. The monoisotopic (exact) mass is 283 g/mol. The summed E-state index contributed by atoms with van der Waals surface area (Å²) in [5.74, 6) is 2.46. The number of hydrogen-bond donors (Lipinski definition) is 1. The van der Waals surface area contributed by atoms with Gasteiger partial charge in [-0.25, -0.2) is 15.0 Å². The van der Waals surface area contributed by atoms with E-state index in [-0.39, 0.29) is 0 Å². The van der Waals surface area contributed by atoms with Gasteiger partial charge < -0.3 is 5.32 Å². The SMILES string of the molecule is Cc1nc(Nc2ncccc2C)cc([C@@H]2CCCN2C)n1. The van der Waals surface area contributed by atoms with E-state index >= 15 is 0 Å². The van der Waals surface area contributed by atoms with Crippen molar-refractivity contribution in [2.45, 2.75) is 32.7 Å². The van der Waals surface area contributed by atoms with Gasteiger partial charge >= 0.3 is 0 Å². The second-order valence-electron chi connectivity index (χ2n) is 5.66. The first-order valence-corrected chi connectivity index (χ1v) is 7.38. The van der Waals surface area contributed by atoms with Crippen LogP contribution in [-0.4, -0.2) is 33.4 Å². The molecule has 1 atom stereocenters. The summed E-state index contributed by atoms with van der Waals surface area (Å²) in [6, 6.07) is 6.42. The van der Waals surface area contributed by atoms with Crippen LogP contribution in [-0.2, 0) is 0 Å². The van der Waals surface area contributed by atoms with Crippen LogP contribution in [0.15, 0.2) is 24.4 Å². The van der Waals surface area contributed by atoms with Crippen LogP contribution in [0.4, 0.5) is 11.6 Å². The van der Waals surface area contributed by atoms with Crippen molar-refractivity contribution in [3.8, 4) is 0 Å². The maximum absolute atomic E-state index is 4.62. The molecule has 0 amide bonds. The average Bonchev–Trinajstić information content (AvgIpc) is 2.87. The topological polar surface area (TPSA) is 53.9 Å². The van der Waals surface area contributed by atoms with E-state index in [1.54, 1.807) is 6.20 Å². The van der Waals surface area contributed by atoms with Crippen molar-refractivity contribution >= 4 is 11.6 Å². The van der Waals surface area contributed by atoms with Gasteiger partial charge in [-0.05, 0) is 51.9 Å². The van der Waals surface area contributed by atoms with Gasteiger partial charge in [0.1, 0.15) is 17.5 Å². The van der Waals surface area contributed by atoms with Gasteiger partial charge in [-0.1, -0.05) is 6.07 Å². The molecule has 110 valence electrons. The van der Waals surface area contributed by atoms with Crippen molar-refractivity contribution in [3.05, 3.63) is 41.5 Å². The Balaban J connectivity index is 1.89. The standard InChI is InChI=1S/C16H21N5/c1-11-6-4-8-17-16(11)20-15-10-13(18-12(2)19-15)14-7-5-9-21(14)3/h4,6,8,10,14H,5,7,9H2,1-3H3,(H,17,18,19,20)/t14-/m0/s1. The molecule has 1 aliphatic rings. The molecule has 1 saturated heterocycles. The highest BCUT2D eigenvalue weighted by atomic mass is 15.2. The van der Waals surface area contributed by atoms with Crippen molar-refractivity contribution in [2.24, 2.45) is 0 Å². The van der Waals surface area contributed by atoms with Crippen LogP contribution in [0.3, 0.4) is 0 Å². The lowest BCUT2D eigenvalue weighted by Crippen LogP contribution is -2.19. The molecule has 0 aromatic carbocycles. The predicted octanol–water partition coefficient (Wildman–Crippen LogP) is 3.00. The van der Waals surface area contributed by atoms with Crippen molar-refractivity contribution in [1.29, 1.82) is 0 Å². The van der Waals surface area contributed by atoms with E-state index in [1.165, 1.54) is 6.42 Å². The molecule has 3 rings (SSSR count). The van der Waals surface area contributed by atoms with Crippen molar-refractivity contribution < 1.29 is 0 Å². The molecule has 21 heavy (non-hydrogen) atoms. The number of aryl methyl sites for hydroxylation is 2. The Hall–Kier alpha value is -2.01. The predicted molar refractivity (Wildman–Crippen MR) is 83.6 cm³/mol. The minimum atomic E-state index is 0.400. The number of pyridine rings is 1. The number of hydrogen-bond acceptors (Lipinski definition) is 5. The molecular weight excluding hydrogens is 262 g/mol. The van der Waals surface area contributed by atoms with Gasteiger partial charge in [0, 0.05) is 12.3 Å². The van der Waals surface area contributed by atoms with E-state index < -0.39 is 0 Å². The number of aromatic nitrogens is 3. The number of nitrogens with zero attached hydrogens (tertiary/aromatic N) is 4. The third-order valence-electron chi connectivity index (χ3n) is 3.98. The fraction of sp³-hybridized carbons (Fsp3) is 0.438. The van der Waals surface area contributed by atoms with Gasteiger partial charge in [0.25, 0.3) is 0 Å². The highest BCUT2D eigenvalue weighted by Crippen LogP contribution is 2.30. The van der Waals surface area contributed by atoms with Crippen LogP contribution in [0.2, 0.25) is 0 Å². The van der Waals surface area contributed by atoms with Gasteiger partial charge in [-0.15, -0.1) is 0 Å². The van der Waals surface area contributed by atoms with Crippen LogP contribution < -0.4 is 5.32 Å². The lowest BCUT2D eigenvalue weighted by Gasteiger charge is -2.19. The summed E-state index contributed by atoms with van der Waals surface area (Å²) in [7, 11) is 2.16. The Kier molecular flexibility index (Phi) is 3.84. The summed E-state index contributed by atoms with van der Waals surface area (Å²) < 4.78 is 0. The molecule has 2 aromatic heterocycles. The average molecular weight is 283 g/mol. The molecule has 0 unspecified atom stereocenters. The van der Waals surface area contributed by atoms with Crippen LogP contribution in [0, 0.1) is 13.8 Å². The molecule has 2 aromatic rings. The lowest BCUT2D eigenvalue weighted by atomic mass is 10.1. The second kappa shape index (κ2) is 5.77. The smallest absolute Gasteiger partial charge is 0.135 e. The van der Waals surface area contributed by atoms with Crippen LogP contribution in [0.5, 0.6) is 0 Å². The molecule has 1 aliphatic heterocycles. The maximum atomic E-state index is 4.62. The highest BCUT2D eigenvalue weighted by Gasteiger charge is 2.24. The molecule has 1 fully saturated rings. The normalized spacial score (nSPS) is 18.9. The zero-order valence-electron chi connectivity index (χ0n) is 12.8. The number of anilines is 2. The lowest BCUT2D eigenvalue weighted by molar-refractivity contribution is 0.311. The molecule has 0 bridgehead atoms. The first kappa shape index (κ1) is 13.9. The summed E-state index contributed by atoms with van der Waals surface area (Å²) in [5.41, 5.74) is 2.20. The fourth-order valence-electron chi connectivity index (χ4n) is 2.85. The van der Waals surface area contributed by atoms with Crippen LogP contribution in [0.1, 0.15) is 36.0 Å². The van der Waals surface area contributed by atoms with Crippen molar-refractivity contribution in [2.75, 3.05) is 18.9 Å². The second-order valence-corrected chi connectivity index (χ2v) is 5.66. The zero-order chi connectivity index (χ0) is 14.8. The summed E-state index contributed by atoms with van der Waals surface area (Å²) in [6.07, 6.45) is 4.18. The van der Waals surface area contributed by atoms with E-state index in [1.807, 2.05) is 32.0 Å². The van der Waals surface area contributed by atoms with E-state index in [9.17, 15) is 0 Å². The highest BCUT2D eigenvalue weighted by molar-refractivity contribution is 5.55. The van der Waals surface area contributed by atoms with E-state index in [4.69, 9.17) is 0 Å². The molecule has 5 nitrogen and oxygen atoms in total. The molecule has 1 N–H and O–H groups in total. The summed E-state index contributed by atoms with van der Waals surface area (Å²) >= 11 is 0. The third-order valence-corrected chi connectivity index (χ3v) is 3.98. The van der Waals surface area contributed by atoms with Gasteiger partial charge in [-0.3, -0.25) is 4.90 Å². The van der Waals surface area contributed by atoms with Crippen LogP contribution >= 0.6 is 0 Å². The molecule has 3 heterocycles. The molecule has 0 spiro atoms. The van der Waals surface area contributed by atoms with E-state index in [2.05, 4.69) is 32.2 Å². The molecule has 0 radical (unpaired) electrons. The number of nitrogens with one attached hydrogen (secondary N) is 1. The largest absolute Gasteiger partial charge is 0.325 e. The first-order valence-electron chi connectivity index (χ1n) is 7.38. The van der Waals surface area contributed by atoms with Gasteiger partial charge in [0.2, 0.25) is 0 Å². The molecule has 0 saturated carbocycles. The van der Waals surface area contributed by atoms with Crippen LogP contribution in [0.25, 0.3) is 0 Å². The summed E-state index contributed by atoms with van der Waals surface area (Å²) in [6.45, 7) is 5.11.